The van der Waals surface area contributed by atoms with Gasteiger partial charge in [-0.05, 0) is 13.3 Å². The first kappa shape index (κ1) is 9.58. The fourth-order valence-electron chi connectivity index (χ4n) is 1.02. The van der Waals surface area contributed by atoms with Crippen LogP contribution in [-0.4, -0.2) is 17.7 Å². The van der Waals surface area contributed by atoms with Crippen LogP contribution in [0.4, 0.5) is 0 Å². The molecule has 0 radical (unpaired) electrons. The molecule has 1 aliphatic rings. The third-order valence-corrected chi connectivity index (χ3v) is 1.66. The molecule has 0 bridgehead atoms. The Kier molecular flexibility index (Phi) is 3.31. The Morgan fingerprint density at radius 3 is 2.92 bits per heavy atom. The van der Waals surface area contributed by atoms with Crippen LogP contribution < -0.4 is 0 Å². The van der Waals surface area contributed by atoms with Crippen molar-refractivity contribution in [1.82, 2.24) is 0 Å². The topological polar surface area (TPSA) is 46.5 Å². The highest BCUT2D eigenvalue weighted by Gasteiger charge is 2.13. The van der Waals surface area contributed by atoms with Crippen LogP contribution in [0.3, 0.4) is 0 Å². The van der Waals surface area contributed by atoms with Crippen molar-refractivity contribution in [3.63, 3.8) is 0 Å². The number of esters is 1. The van der Waals surface area contributed by atoms with Crippen molar-refractivity contribution in [3.8, 4) is 0 Å². The number of rotatable bonds is 2. The van der Waals surface area contributed by atoms with Gasteiger partial charge in [0.15, 0.2) is 0 Å². The van der Waals surface area contributed by atoms with E-state index in [4.69, 9.17) is 0 Å². The van der Waals surface area contributed by atoms with Gasteiger partial charge in [-0.25, -0.2) is 4.79 Å². The number of allylic oxidation sites excluding steroid dienone is 5. The van der Waals surface area contributed by atoms with E-state index >= 15 is 0 Å². The number of aliphatic hydroxyl groups excluding tert-OH is 1. The lowest BCUT2D eigenvalue weighted by atomic mass is 10.1. The minimum Gasteiger partial charge on any atom is -0.502 e. The van der Waals surface area contributed by atoms with Crippen LogP contribution in [0.15, 0.2) is 35.6 Å². The molecule has 1 rings (SSSR count). The molecule has 0 aromatic carbocycles. The molecule has 0 atom stereocenters. The first-order valence-electron chi connectivity index (χ1n) is 4.18. The van der Waals surface area contributed by atoms with Gasteiger partial charge < -0.3 is 9.84 Å². The highest BCUT2D eigenvalue weighted by molar-refractivity contribution is 5.87. The predicted molar refractivity (Wildman–Crippen MR) is 49.2 cm³/mol. The third kappa shape index (κ3) is 2.47. The molecule has 0 amide bonds. The molecule has 0 spiro atoms. The summed E-state index contributed by atoms with van der Waals surface area (Å²) in [4.78, 5) is 11.1. The Hall–Kier alpha value is -1.51. The summed E-state index contributed by atoms with van der Waals surface area (Å²) >= 11 is 0. The van der Waals surface area contributed by atoms with Crippen LogP contribution in [0.2, 0.25) is 0 Å². The van der Waals surface area contributed by atoms with Crippen molar-refractivity contribution in [2.24, 2.45) is 0 Å². The molecule has 3 heteroatoms. The maximum absolute atomic E-state index is 11.1. The molecule has 13 heavy (non-hydrogen) atoms. The number of ether oxygens (including phenoxy) is 1. The first-order chi connectivity index (χ1) is 6.25. The van der Waals surface area contributed by atoms with E-state index in [0.717, 1.165) is 0 Å². The van der Waals surface area contributed by atoms with Crippen molar-refractivity contribution in [2.75, 3.05) is 6.61 Å². The van der Waals surface area contributed by atoms with Gasteiger partial charge in [-0.1, -0.05) is 24.3 Å². The molecule has 0 fully saturated rings. The summed E-state index contributed by atoms with van der Waals surface area (Å²) in [6.45, 7) is 1.97. The fraction of sp³-hybridized carbons (Fsp3) is 0.300. The summed E-state index contributed by atoms with van der Waals surface area (Å²) in [6, 6.07) is 0. The second kappa shape index (κ2) is 4.50. The molecule has 0 aromatic heterocycles. The van der Waals surface area contributed by atoms with Crippen LogP contribution in [0.25, 0.3) is 0 Å². The van der Waals surface area contributed by atoms with Crippen LogP contribution in [0, 0.1) is 0 Å². The lowest BCUT2D eigenvalue weighted by Crippen LogP contribution is -2.09. The molecule has 1 aliphatic carbocycles. The van der Waals surface area contributed by atoms with Crippen molar-refractivity contribution in [2.45, 2.75) is 13.3 Å². The Labute approximate surface area is 77.0 Å². The Morgan fingerprint density at radius 1 is 1.62 bits per heavy atom. The lowest BCUT2D eigenvalue weighted by Gasteiger charge is -2.06. The highest BCUT2D eigenvalue weighted by Crippen LogP contribution is 2.14. The molecular weight excluding hydrogens is 168 g/mol. The molecule has 70 valence electrons. The van der Waals surface area contributed by atoms with Gasteiger partial charge in [0, 0.05) is 5.57 Å². The zero-order chi connectivity index (χ0) is 9.68. The molecule has 0 heterocycles. The van der Waals surface area contributed by atoms with Gasteiger partial charge in [0.05, 0.1) is 6.61 Å². The van der Waals surface area contributed by atoms with Crippen molar-refractivity contribution < 1.29 is 14.6 Å². The Balaban J connectivity index is 2.73. The standard InChI is InChI=1S/C10H12O3/c1-2-13-10(12)9(11)8-6-4-3-5-7-8/h3-6,11H,2,7H2,1H3/b9-8-. The summed E-state index contributed by atoms with van der Waals surface area (Å²) in [7, 11) is 0. The lowest BCUT2D eigenvalue weighted by molar-refractivity contribution is -0.141. The highest BCUT2D eigenvalue weighted by atomic mass is 16.5. The number of carbonyl (C=O) groups excluding carboxylic acids is 1. The van der Waals surface area contributed by atoms with Gasteiger partial charge in [0.1, 0.15) is 0 Å². The van der Waals surface area contributed by atoms with Gasteiger partial charge in [-0.15, -0.1) is 0 Å². The van der Waals surface area contributed by atoms with Gasteiger partial charge in [0.25, 0.3) is 0 Å². The first-order valence-corrected chi connectivity index (χ1v) is 4.18. The number of carbonyl (C=O) groups is 1. The van der Waals surface area contributed by atoms with E-state index < -0.39 is 5.97 Å². The smallest absolute Gasteiger partial charge is 0.373 e. The van der Waals surface area contributed by atoms with E-state index in [1.165, 1.54) is 0 Å². The minimum absolute atomic E-state index is 0.274. The average molecular weight is 180 g/mol. The zero-order valence-electron chi connectivity index (χ0n) is 7.49. The summed E-state index contributed by atoms with van der Waals surface area (Å²) in [5.74, 6) is -0.945. The maximum Gasteiger partial charge on any atom is 0.373 e. The van der Waals surface area contributed by atoms with E-state index in [1.54, 1.807) is 19.1 Å². The van der Waals surface area contributed by atoms with Crippen LogP contribution >= 0.6 is 0 Å². The molecule has 0 saturated carbocycles. The molecule has 0 aromatic rings. The summed E-state index contributed by atoms with van der Waals surface area (Å²) in [6.07, 6.45) is 7.77. The number of hydrogen-bond donors (Lipinski definition) is 1. The Morgan fingerprint density at radius 2 is 2.38 bits per heavy atom. The van der Waals surface area contributed by atoms with E-state index in [1.807, 2.05) is 12.2 Å². The molecule has 0 aliphatic heterocycles. The van der Waals surface area contributed by atoms with E-state index in [2.05, 4.69) is 4.74 Å². The predicted octanol–water partition coefficient (Wildman–Crippen LogP) is 1.88. The molecular formula is C10H12O3. The fourth-order valence-corrected chi connectivity index (χ4v) is 1.02. The molecule has 0 unspecified atom stereocenters. The van der Waals surface area contributed by atoms with Crippen LogP contribution in [-0.2, 0) is 9.53 Å². The third-order valence-electron chi connectivity index (χ3n) is 1.66. The monoisotopic (exact) mass is 180 g/mol. The number of hydrogen-bond acceptors (Lipinski definition) is 3. The second-order valence-electron chi connectivity index (χ2n) is 2.59. The SMILES string of the molecule is CCOC(=O)/C(O)=C1\C=CC=CC1. The van der Waals surface area contributed by atoms with Gasteiger partial charge >= 0.3 is 5.97 Å². The van der Waals surface area contributed by atoms with E-state index in [-0.39, 0.29) is 12.4 Å². The molecule has 0 saturated heterocycles. The van der Waals surface area contributed by atoms with Gasteiger partial charge in [-0.2, -0.15) is 0 Å². The molecule has 1 N–H and O–H groups in total. The van der Waals surface area contributed by atoms with E-state index in [9.17, 15) is 9.90 Å². The second-order valence-corrected chi connectivity index (χ2v) is 2.59. The van der Waals surface area contributed by atoms with Crippen molar-refractivity contribution >= 4 is 5.97 Å². The van der Waals surface area contributed by atoms with Crippen molar-refractivity contribution in [1.29, 1.82) is 0 Å². The quantitative estimate of drug-likeness (QED) is 0.401. The summed E-state index contributed by atoms with van der Waals surface area (Å²) in [5.41, 5.74) is 0.598. The van der Waals surface area contributed by atoms with Crippen molar-refractivity contribution in [3.05, 3.63) is 35.6 Å². The maximum atomic E-state index is 11.1. The summed E-state index contributed by atoms with van der Waals surface area (Å²) in [5, 5.41) is 9.39. The summed E-state index contributed by atoms with van der Waals surface area (Å²) < 4.78 is 4.65. The average Bonchev–Trinajstić information content (AvgIpc) is 2.18. The molecule has 3 nitrogen and oxygen atoms in total. The minimum atomic E-state index is -0.655. The number of aliphatic hydroxyl groups is 1. The van der Waals surface area contributed by atoms with Gasteiger partial charge in [0.2, 0.25) is 5.76 Å². The van der Waals surface area contributed by atoms with Crippen LogP contribution in [0.1, 0.15) is 13.3 Å². The largest absolute Gasteiger partial charge is 0.502 e. The Bertz CT molecular complexity index is 285. The van der Waals surface area contributed by atoms with Crippen LogP contribution in [0.5, 0.6) is 0 Å². The van der Waals surface area contributed by atoms with E-state index in [0.29, 0.717) is 12.0 Å². The normalized spacial score (nSPS) is 18.5. The van der Waals surface area contributed by atoms with Gasteiger partial charge in [-0.3, -0.25) is 0 Å². The zero-order valence-corrected chi connectivity index (χ0v) is 7.49.